The molecule has 0 bridgehead atoms. The molecule has 0 aromatic carbocycles. The summed E-state index contributed by atoms with van der Waals surface area (Å²) in [5.74, 6) is 0. The van der Waals surface area contributed by atoms with Gasteiger partial charge in [-0.05, 0) is 45.7 Å². The van der Waals surface area contributed by atoms with Crippen LogP contribution < -0.4 is 5.32 Å². The van der Waals surface area contributed by atoms with Crippen molar-refractivity contribution in [2.24, 2.45) is 0 Å². The molecule has 2 saturated heterocycles. The van der Waals surface area contributed by atoms with Crippen LogP contribution in [0.5, 0.6) is 0 Å². The van der Waals surface area contributed by atoms with E-state index in [-0.39, 0.29) is 0 Å². The summed E-state index contributed by atoms with van der Waals surface area (Å²) in [5, 5.41) is 10.8. The summed E-state index contributed by atoms with van der Waals surface area (Å²) in [6.45, 7) is 8.36. The maximum Gasteiger partial charge on any atom is 0.0535 e. The Kier molecular flexibility index (Phi) is 4.93. The second-order valence-electron chi connectivity index (χ2n) is 6.51. The number of nitrogens with zero attached hydrogens (tertiary/aromatic N) is 2. The van der Waals surface area contributed by atoms with Gasteiger partial charge in [0.15, 0.2) is 0 Å². The number of hydrogen-bond donors (Lipinski definition) is 2. The average molecular weight is 292 g/mol. The maximum absolute atomic E-state index is 5.62. The van der Waals surface area contributed by atoms with Gasteiger partial charge in [-0.25, -0.2) is 0 Å². The van der Waals surface area contributed by atoms with Crippen LogP contribution in [0.15, 0.2) is 6.20 Å². The van der Waals surface area contributed by atoms with Crippen molar-refractivity contribution < 1.29 is 4.74 Å². The van der Waals surface area contributed by atoms with Crippen LogP contribution in [-0.4, -0.2) is 53.5 Å². The van der Waals surface area contributed by atoms with Gasteiger partial charge in [0.05, 0.1) is 6.20 Å². The van der Waals surface area contributed by atoms with Gasteiger partial charge in [-0.3, -0.25) is 10.00 Å². The molecule has 3 rings (SSSR count). The minimum Gasteiger partial charge on any atom is -0.381 e. The molecule has 0 amide bonds. The molecule has 2 aliphatic heterocycles. The van der Waals surface area contributed by atoms with Crippen LogP contribution in [-0.2, 0) is 11.3 Å². The standard InChI is InChI=1S/C16H28N4O/c1-14-15(12-18-19-14)11-17-13-16(5-9-21-10-6-16)20-7-3-2-4-8-20/h12,17H,2-11,13H2,1H3,(H,18,19). The number of hydrogen-bond acceptors (Lipinski definition) is 4. The predicted molar refractivity (Wildman–Crippen MR) is 83.2 cm³/mol. The predicted octanol–water partition coefficient (Wildman–Crippen LogP) is 1.84. The molecule has 0 spiro atoms. The van der Waals surface area contributed by atoms with E-state index in [0.29, 0.717) is 5.54 Å². The van der Waals surface area contributed by atoms with Gasteiger partial charge in [0.2, 0.25) is 0 Å². The van der Waals surface area contributed by atoms with Gasteiger partial charge in [0.1, 0.15) is 0 Å². The Balaban J connectivity index is 1.60. The maximum atomic E-state index is 5.62. The summed E-state index contributed by atoms with van der Waals surface area (Å²) in [6, 6.07) is 0. The first-order valence-corrected chi connectivity index (χ1v) is 8.33. The van der Waals surface area contributed by atoms with Gasteiger partial charge in [-0.2, -0.15) is 5.10 Å². The van der Waals surface area contributed by atoms with E-state index in [0.717, 1.165) is 39.1 Å². The number of H-pyrrole nitrogens is 1. The van der Waals surface area contributed by atoms with E-state index in [1.807, 2.05) is 6.20 Å². The molecule has 2 aliphatic rings. The first-order valence-electron chi connectivity index (χ1n) is 8.33. The first-order chi connectivity index (χ1) is 10.3. The third-order valence-electron chi connectivity index (χ3n) is 5.15. The van der Waals surface area contributed by atoms with Crippen molar-refractivity contribution in [2.45, 2.75) is 51.1 Å². The number of likely N-dealkylation sites (tertiary alicyclic amines) is 1. The fourth-order valence-electron chi connectivity index (χ4n) is 3.71. The molecule has 1 aromatic rings. The molecular weight excluding hydrogens is 264 g/mol. The van der Waals surface area contributed by atoms with E-state index in [9.17, 15) is 0 Å². The Bertz CT molecular complexity index is 433. The fourth-order valence-corrected chi connectivity index (χ4v) is 3.71. The van der Waals surface area contributed by atoms with Gasteiger partial charge in [0, 0.05) is 43.1 Å². The largest absolute Gasteiger partial charge is 0.381 e. The van der Waals surface area contributed by atoms with Crippen molar-refractivity contribution in [3.63, 3.8) is 0 Å². The van der Waals surface area contributed by atoms with E-state index in [1.165, 1.54) is 43.6 Å². The topological polar surface area (TPSA) is 53.2 Å². The molecule has 3 heterocycles. The number of ether oxygens (including phenoxy) is 1. The van der Waals surface area contributed by atoms with Crippen molar-refractivity contribution >= 4 is 0 Å². The Morgan fingerprint density at radius 3 is 2.71 bits per heavy atom. The van der Waals surface area contributed by atoms with Crippen molar-refractivity contribution in [3.8, 4) is 0 Å². The van der Waals surface area contributed by atoms with Crippen LogP contribution in [0.2, 0.25) is 0 Å². The number of aryl methyl sites for hydroxylation is 1. The molecule has 0 atom stereocenters. The Labute approximate surface area is 127 Å². The van der Waals surface area contributed by atoms with E-state index < -0.39 is 0 Å². The molecule has 1 aromatic heterocycles. The molecule has 0 aliphatic carbocycles. The minimum absolute atomic E-state index is 0.302. The summed E-state index contributed by atoms with van der Waals surface area (Å²) in [6.07, 6.45) is 8.34. The van der Waals surface area contributed by atoms with Crippen molar-refractivity contribution in [2.75, 3.05) is 32.8 Å². The molecule has 21 heavy (non-hydrogen) atoms. The van der Waals surface area contributed by atoms with Crippen LogP contribution in [0, 0.1) is 6.92 Å². The van der Waals surface area contributed by atoms with Crippen molar-refractivity contribution in [1.29, 1.82) is 0 Å². The van der Waals surface area contributed by atoms with Crippen LogP contribution >= 0.6 is 0 Å². The summed E-state index contributed by atoms with van der Waals surface area (Å²) >= 11 is 0. The lowest BCUT2D eigenvalue weighted by Crippen LogP contribution is -2.59. The summed E-state index contributed by atoms with van der Waals surface area (Å²) < 4.78 is 5.62. The molecular formula is C16H28N4O. The quantitative estimate of drug-likeness (QED) is 0.869. The molecule has 2 N–H and O–H groups in total. The Morgan fingerprint density at radius 2 is 2.05 bits per heavy atom. The molecule has 5 nitrogen and oxygen atoms in total. The summed E-state index contributed by atoms with van der Waals surface area (Å²) in [7, 11) is 0. The smallest absolute Gasteiger partial charge is 0.0535 e. The fraction of sp³-hybridized carbons (Fsp3) is 0.812. The summed E-state index contributed by atoms with van der Waals surface area (Å²) in [5.41, 5.74) is 2.74. The lowest BCUT2D eigenvalue weighted by atomic mass is 9.86. The monoisotopic (exact) mass is 292 g/mol. The number of rotatable bonds is 5. The van der Waals surface area contributed by atoms with Crippen LogP contribution in [0.4, 0.5) is 0 Å². The third kappa shape index (κ3) is 3.47. The van der Waals surface area contributed by atoms with Gasteiger partial charge in [0.25, 0.3) is 0 Å². The third-order valence-corrected chi connectivity index (χ3v) is 5.15. The molecule has 2 fully saturated rings. The minimum atomic E-state index is 0.302. The van der Waals surface area contributed by atoms with E-state index >= 15 is 0 Å². The van der Waals surface area contributed by atoms with Crippen LogP contribution in [0.3, 0.4) is 0 Å². The number of piperidine rings is 1. The lowest BCUT2D eigenvalue weighted by Gasteiger charge is -2.48. The summed E-state index contributed by atoms with van der Waals surface area (Å²) in [4.78, 5) is 2.73. The zero-order chi connectivity index (χ0) is 14.5. The number of nitrogens with one attached hydrogen (secondary N) is 2. The lowest BCUT2D eigenvalue weighted by molar-refractivity contribution is -0.0358. The second kappa shape index (κ2) is 6.90. The second-order valence-corrected chi connectivity index (χ2v) is 6.51. The van der Waals surface area contributed by atoms with E-state index in [2.05, 4.69) is 27.3 Å². The van der Waals surface area contributed by atoms with Crippen molar-refractivity contribution in [1.82, 2.24) is 20.4 Å². The molecule has 0 saturated carbocycles. The molecule has 0 radical (unpaired) electrons. The average Bonchev–Trinajstić information content (AvgIpc) is 2.95. The molecule has 118 valence electrons. The highest BCUT2D eigenvalue weighted by molar-refractivity contribution is 5.14. The van der Waals surface area contributed by atoms with Crippen LogP contribution in [0.1, 0.15) is 43.4 Å². The normalized spacial score (nSPS) is 23.3. The molecule has 5 heteroatoms. The highest BCUT2D eigenvalue weighted by Crippen LogP contribution is 2.30. The van der Waals surface area contributed by atoms with Gasteiger partial charge >= 0.3 is 0 Å². The highest BCUT2D eigenvalue weighted by atomic mass is 16.5. The SMILES string of the molecule is Cc1[nH]ncc1CNCC1(N2CCCCC2)CCOCC1. The Hall–Kier alpha value is -0.910. The first kappa shape index (κ1) is 15.0. The van der Waals surface area contributed by atoms with Gasteiger partial charge in [-0.1, -0.05) is 6.42 Å². The van der Waals surface area contributed by atoms with Crippen LogP contribution in [0.25, 0.3) is 0 Å². The van der Waals surface area contributed by atoms with E-state index in [4.69, 9.17) is 4.74 Å². The van der Waals surface area contributed by atoms with E-state index in [1.54, 1.807) is 0 Å². The van der Waals surface area contributed by atoms with Gasteiger partial charge < -0.3 is 10.1 Å². The van der Waals surface area contributed by atoms with Crippen molar-refractivity contribution in [3.05, 3.63) is 17.5 Å². The number of aromatic amines is 1. The van der Waals surface area contributed by atoms with Gasteiger partial charge in [-0.15, -0.1) is 0 Å². The molecule has 0 unspecified atom stereocenters. The zero-order valence-electron chi connectivity index (χ0n) is 13.2. The Morgan fingerprint density at radius 1 is 1.29 bits per heavy atom. The highest BCUT2D eigenvalue weighted by Gasteiger charge is 2.38. The zero-order valence-corrected chi connectivity index (χ0v) is 13.2. The number of aromatic nitrogens is 2.